The maximum absolute atomic E-state index is 5.85. The molecule has 2 aromatic rings. The summed E-state index contributed by atoms with van der Waals surface area (Å²) >= 11 is 0. The molecule has 0 aliphatic carbocycles. The van der Waals surface area contributed by atoms with Crippen LogP contribution in [0, 0.1) is 0 Å². The maximum Gasteiger partial charge on any atom is 0.154 e. The molecule has 4 nitrogen and oxygen atoms in total. The Kier molecular flexibility index (Phi) is 4.48. The Balaban J connectivity index is 0.00000144. The summed E-state index contributed by atoms with van der Waals surface area (Å²) in [4.78, 5) is 8.27. The van der Waals surface area contributed by atoms with Crippen molar-refractivity contribution in [2.24, 2.45) is 10.7 Å². The number of nitrogens with two attached hydrogens (primary N) is 2. The Hall–Kier alpha value is -2.07. The predicted octanol–water partition coefficient (Wildman–Crippen LogP) is 2.12. The first-order chi connectivity index (χ1) is 7.75. The van der Waals surface area contributed by atoms with E-state index in [1.165, 1.54) is 0 Å². The monoisotopic (exact) mass is 248 g/mol. The zero-order valence-corrected chi connectivity index (χ0v) is 9.89. The number of aliphatic imine (C=N–C) groups is 1. The molecule has 1 aromatic heterocycles. The highest BCUT2D eigenvalue weighted by Crippen LogP contribution is 2.09. The van der Waals surface area contributed by atoms with Crippen LogP contribution >= 0.6 is 12.4 Å². The van der Waals surface area contributed by atoms with Crippen LogP contribution < -0.4 is 11.5 Å². The Morgan fingerprint density at radius 3 is 2.35 bits per heavy atom. The minimum absolute atomic E-state index is 0. The first-order valence-corrected chi connectivity index (χ1v) is 4.87. The average molecular weight is 249 g/mol. The molecule has 5 heteroatoms. The molecule has 0 spiro atoms. The van der Waals surface area contributed by atoms with Crippen LogP contribution in [0.4, 0.5) is 11.5 Å². The van der Waals surface area contributed by atoms with E-state index in [1.807, 2.05) is 24.3 Å². The highest BCUT2D eigenvalue weighted by molar-refractivity contribution is 5.99. The number of benzene rings is 1. The molecule has 1 heterocycles. The number of aromatic nitrogens is 1. The second kappa shape index (κ2) is 5.86. The summed E-state index contributed by atoms with van der Waals surface area (Å²) < 4.78 is 0. The number of nitrogens with zero attached hydrogens (tertiary/aromatic N) is 2. The Labute approximate surface area is 106 Å². The fourth-order valence-electron chi connectivity index (χ4n) is 1.26. The van der Waals surface area contributed by atoms with E-state index in [4.69, 9.17) is 11.5 Å². The fourth-order valence-corrected chi connectivity index (χ4v) is 1.26. The van der Waals surface area contributed by atoms with Crippen molar-refractivity contribution < 1.29 is 0 Å². The quantitative estimate of drug-likeness (QED) is 0.486. The number of amidine groups is 1. The molecule has 88 valence electrons. The minimum atomic E-state index is 0. The van der Waals surface area contributed by atoms with Crippen molar-refractivity contribution in [1.82, 2.24) is 4.98 Å². The van der Waals surface area contributed by atoms with Gasteiger partial charge in [-0.15, -0.1) is 12.4 Å². The highest BCUT2D eigenvalue weighted by atomic mass is 35.5. The van der Waals surface area contributed by atoms with Crippen LogP contribution in [0.1, 0.15) is 5.56 Å². The Morgan fingerprint density at radius 2 is 1.76 bits per heavy atom. The van der Waals surface area contributed by atoms with Gasteiger partial charge in [0.15, 0.2) is 5.82 Å². The van der Waals surface area contributed by atoms with Gasteiger partial charge in [-0.05, 0) is 36.4 Å². The Bertz CT molecular complexity index is 494. The van der Waals surface area contributed by atoms with Gasteiger partial charge in [-0.25, -0.2) is 9.98 Å². The number of pyridine rings is 1. The van der Waals surface area contributed by atoms with E-state index < -0.39 is 0 Å². The second-order valence-electron chi connectivity index (χ2n) is 3.31. The molecule has 4 N–H and O–H groups in total. The maximum atomic E-state index is 5.85. The first-order valence-electron chi connectivity index (χ1n) is 4.87. The van der Waals surface area contributed by atoms with Crippen LogP contribution in [0.15, 0.2) is 53.7 Å². The second-order valence-corrected chi connectivity index (χ2v) is 3.31. The number of nitrogen functional groups attached to an aromatic ring is 1. The van der Waals surface area contributed by atoms with Crippen LogP contribution in [0.5, 0.6) is 0 Å². The number of rotatable bonds is 2. The lowest BCUT2D eigenvalue weighted by molar-refractivity contribution is 1.26. The first kappa shape index (κ1) is 13.0. The van der Waals surface area contributed by atoms with Crippen molar-refractivity contribution in [3.8, 4) is 0 Å². The van der Waals surface area contributed by atoms with Gasteiger partial charge in [0.2, 0.25) is 0 Å². The summed E-state index contributed by atoms with van der Waals surface area (Å²) in [7, 11) is 0. The lowest BCUT2D eigenvalue weighted by Crippen LogP contribution is -2.12. The molecular weight excluding hydrogens is 236 g/mol. The van der Waals surface area contributed by atoms with E-state index >= 15 is 0 Å². The molecule has 0 amide bonds. The van der Waals surface area contributed by atoms with Gasteiger partial charge in [-0.2, -0.15) is 0 Å². The molecule has 2 rings (SSSR count). The molecule has 0 radical (unpaired) electrons. The van der Waals surface area contributed by atoms with Gasteiger partial charge in [0.05, 0.1) is 0 Å². The van der Waals surface area contributed by atoms with E-state index in [2.05, 4.69) is 9.98 Å². The number of halogens is 1. The molecule has 1 aromatic carbocycles. The van der Waals surface area contributed by atoms with E-state index in [1.54, 1.807) is 24.4 Å². The lowest BCUT2D eigenvalue weighted by atomic mass is 10.2. The van der Waals surface area contributed by atoms with Crippen molar-refractivity contribution in [2.75, 3.05) is 5.73 Å². The SMILES string of the molecule is Cl.N/C(=N\c1ccccn1)c1ccc(N)cc1. The van der Waals surface area contributed by atoms with Gasteiger partial charge in [-0.3, -0.25) is 0 Å². The molecule has 0 fully saturated rings. The third kappa shape index (κ3) is 3.46. The van der Waals surface area contributed by atoms with E-state index in [0.29, 0.717) is 17.3 Å². The van der Waals surface area contributed by atoms with Crippen molar-refractivity contribution in [3.05, 3.63) is 54.2 Å². The summed E-state index contributed by atoms with van der Waals surface area (Å²) in [6.45, 7) is 0. The van der Waals surface area contributed by atoms with Crippen molar-refractivity contribution >= 4 is 29.7 Å². The van der Waals surface area contributed by atoms with Crippen LogP contribution in [0.25, 0.3) is 0 Å². The van der Waals surface area contributed by atoms with Crippen molar-refractivity contribution in [1.29, 1.82) is 0 Å². The van der Waals surface area contributed by atoms with E-state index in [9.17, 15) is 0 Å². The molecule has 0 aliphatic heterocycles. The number of hydrogen-bond donors (Lipinski definition) is 2. The topological polar surface area (TPSA) is 77.3 Å². The van der Waals surface area contributed by atoms with Gasteiger partial charge >= 0.3 is 0 Å². The summed E-state index contributed by atoms with van der Waals surface area (Å²) in [6.07, 6.45) is 1.68. The van der Waals surface area contributed by atoms with Crippen molar-refractivity contribution in [3.63, 3.8) is 0 Å². The van der Waals surface area contributed by atoms with Crippen LogP contribution in [-0.2, 0) is 0 Å². The normalized spacial score (nSPS) is 10.7. The molecule has 0 saturated heterocycles. The van der Waals surface area contributed by atoms with Crippen molar-refractivity contribution in [2.45, 2.75) is 0 Å². The van der Waals surface area contributed by atoms with Gasteiger partial charge in [0.25, 0.3) is 0 Å². The van der Waals surface area contributed by atoms with Crippen LogP contribution in [0.2, 0.25) is 0 Å². The predicted molar refractivity (Wildman–Crippen MR) is 72.7 cm³/mol. The zero-order chi connectivity index (χ0) is 11.4. The molecular formula is C12H13ClN4. The molecule has 0 aliphatic rings. The third-order valence-electron chi connectivity index (χ3n) is 2.09. The molecule has 0 saturated carbocycles. The summed E-state index contributed by atoms with van der Waals surface area (Å²) in [5.74, 6) is 1.02. The summed E-state index contributed by atoms with van der Waals surface area (Å²) in [6, 6.07) is 12.7. The lowest BCUT2D eigenvalue weighted by Gasteiger charge is -2.01. The smallest absolute Gasteiger partial charge is 0.154 e. The van der Waals surface area contributed by atoms with Gasteiger partial charge in [0, 0.05) is 17.4 Å². The highest BCUT2D eigenvalue weighted by Gasteiger charge is 1.98. The number of anilines is 1. The zero-order valence-electron chi connectivity index (χ0n) is 9.08. The largest absolute Gasteiger partial charge is 0.399 e. The summed E-state index contributed by atoms with van der Waals surface area (Å²) in [5, 5.41) is 0. The van der Waals surface area contributed by atoms with E-state index in [-0.39, 0.29) is 12.4 Å². The van der Waals surface area contributed by atoms with Crippen LogP contribution in [0.3, 0.4) is 0 Å². The molecule has 0 bridgehead atoms. The average Bonchev–Trinajstić information content (AvgIpc) is 2.31. The minimum Gasteiger partial charge on any atom is -0.399 e. The summed E-state index contributed by atoms with van der Waals surface area (Å²) in [5.41, 5.74) is 13.0. The van der Waals surface area contributed by atoms with Gasteiger partial charge in [-0.1, -0.05) is 6.07 Å². The molecule has 0 atom stereocenters. The standard InChI is InChI=1S/C12H12N4.ClH/c13-10-6-4-9(5-7-10)12(14)16-11-3-1-2-8-15-11;/h1-8H,13H2,(H2,14,15,16);1H. The van der Waals surface area contributed by atoms with E-state index in [0.717, 1.165) is 5.56 Å². The number of hydrogen-bond acceptors (Lipinski definition) is 3. The Morgan fingerprint density at radius 1 is 1.06 bits per heavy atom. The van der Waals surface area contributed by atoms with Gasteiger partial charge in [0.1, 0.15) is 5.84 Å². The van der Waals surface area contributed by atoms with Gasteiger partial charge < -0.3 is 11.5 Å². The molecule has 17 heavy (non-hydrogen) atoms. The van der Waals surface area contributed by atoms with Crippen LogP contribution in [-0.4, -0.2) is 10.8 Å². The molecule has 0 unspecified atom stereocenters. The fraction of sp³-hybridized carbons (Fsp3) is 0. The third-order valence-corrected chi connectivity index (χ3v) is 2.09.